The Bertz CT molecular complexity index is 1250. The molecule has 0 aromatic heterocycles. The van der Waals surface area contributed by atoms with Gasteiger partial charge in [0.1, 0.15) is 0 Å². The van der Waals surface area contributed by atoms with Crippen molar-refractivity contribution in [1.29, 1.82) is 0 Å². The number of hydrogen-bond donors (Lipinski definition) is 0. The minimum Gasteiger partial charge on any atom is -1.00 e. The van der Waals surface area contributed by atoms with Crippen LogP contribution in [0.15, 0.2) is 51.0 Å². The van der Waals surface area contributed by atoms with Crippen molar-refractivity contribution < 1.29 is 46.1 Å². The third-order valence-electron chi connectivity index (χ3n) is 7.58. The zero-order valence-corrected chi connectivity index (χ0v) is 29.2. The maximum atomic E-state index is 2.66. The second-order valence-corrected chi connectivity index (χ2v) is 26.0. The molecule has 194 valence electrons. The second kappa shape index (κ2) is 10.9. The van der Waals surface area contributed by atoms with Crippen LogP contribution in [0.1, 0.15) is 84.1 Å². The number of rotatable bonds is 3. The summed E-state index contributed by atoms with van der Waals surface area (Å²) in [5.74, 6) is 0. The monoisotopic (exact) mass is 616 g/mol. The molecule has 2 aliphatic rings. The Morgan fingerprint density at radius 2 is 1.39 bits per heavy atom. The summed E-state index contributed by atoms with van der Waals surface area (Å²) in [7, 11) is -1.28. The third kappa shape index (κ3) is 6.20. The summed E-state index contributed by atoms with van der Waals surface area (Å²) >= 11 is -2.15. The molecule has 0 aliphatic heterocycles. The molecule has 4 rings (SSSR count). The number of fused-ring (bicyclic) bond motifs is 3. The molecule has 2 aromatic carbocycles. The molecule has 2 aromatic rings. The standard InChI is InChI=1S/C21H25.C8H13Si.C3H6.2ClH.Zr/c1-20(2,3)16-9-7-14-11-15-8-10-17(21(4,5)6)13-19(15)18(14)12-16;1-9(2,3)8-6-4-5-7-8;1-3-2;;;/h7,9-10,12-13H,11H2,1-6H3;6-7H,4H2,1-3H3;1-2H3;2*1H;/q;;;;;+2/p-2. The average Bonchev–Trinajstić information content (AvgIpc) is 3.31. The molecule has 0 spiro atoms. The van der Waals surface area contributed by atoms with E-state index in [-0.39, 0.29) is 35.6 Å². The Hall–Kier alpha value is -0.530. The summed E-state index contributed by atoms with van der Waals surface area (Å²) in [6.45, 7) is 26.5. The molecule has 0 saturated carbocycles. The van der Waals surface area contributed by atoms with Crippen LogP contribution in [0.3, 0.4) is 0 Å². The van der Waals surface area contributed by atoms with Gasteiger partial charge in [-0.25, -0.2) is 0 Å². The topological polar surface area (TPSA) is 0 Å². The average molecular weight is 619 g/mol. The maximum Gasteiger partial charge on any atom is -1.00 e. The quantitative estimate of drug-likeness (QED) is 0.396. The molecule has 0 amide bonds. The van der Waals surface area contributed by atoms with Gasteiger partial charge >= 0.3 is 219 Å². The molecule has 0 unspecified atom stereocenters. The van der Waals surface area contributed by atoms with Gasteiger partial charge in [-0.05, 0) is 0 Å². The van der Waals surface area contributed by atoms with E-state index in [4.69, 9.17) is 0 Å². The molecule has 4 heteroatoms. The van der Waals surface area contributed by atoms with Gasteiger partial charge in [-0.3, -0.25) is 0 Å². The summed E-state index contributed by atoms with van der Waals surface area (Å²) in [6.07, 6.45) is 7.52. The van der Waals surface area contributed by atoms with Crippen LogP contribution in [0.4, 0.5) is 0 Å². The fraction of sp³-hybridized carbons (Fsp3) is 0.469. The van der Waals surface area contributed by atoms with Crippen molar-refractivity contribution in [1.82, 2.24) is 0 Å². The van der Waals surface area contributed by atoms with E-state index in [2.05, 4.69) is 118 Å². The van der Waals surface area contributed by atoms with Crippen LogP contribution >= 0.6 is 0 Å². The zero-order chi connectivity index (χ0) is 25.2. The normalized spacial score (nSPS) is 14.5. The Balaban J connectivity index is 0.00000228. The first-order valence-corrected chi connectivity index (χ1v) is 20.2. The van der Waals surface area contributed by atoms with Gasteiger partial charge in [0, 0.05) is 0 Å². The van der Waals surface area contributed by atoms with Gasteiger partial charge < -0.3 is 24.8 Å². The van der Waals surface area contributed by atoms with E-state index in [1.807, 2.05) is 0 Å². The molecule has 0 N–H and O–H groups in total. The van der Waals surface area contributed by atoms with Gasteiger partial charge in [0.05, 0.1) is 0 Å². The van der Waals surface area contributed by atoms with E-state index in [9.17, 15) is 0 Å². The molecule has 2 aliphatic carbocycles. The SMILES string of the molecule is C[C](C)=[Zr+2]([C]1=CC([Si](C)(C)C)=CC1)[c]1cc(C(C)(C)C)cc2c1Cc1ccc(C(C)(C)C)cc1-2.[Cl-].[Cl-]. The van der Waals surface area contributed by atoms with Gasteiger partial charge in [-0.1, -0.05) is 0 Å². The maximum absolute atomic E-state index is 2.66. The molecule has 0 radical (unpaired) electrons. The smallest absolute Gasteiger partial charge is 1.00 e. The van der Waals surface area contributed by atoms with Crippen molar-refractivity contribution in [3.05, 3.63) is 73.2 Å². The van der Waals surface area contributed by atoms with Gasteiger partial charge in [0.15, 0.2) is 0 Å². The first-order chi connectivity index (χ1) is 15.6. The molecule has 0 heterocycles. The minimum atomic E-state index is -2.15. The fourth-order valence-corrected chi connectivity index (χ4v) is 14.3. The van der Waals surface area contributed by atoms with Crippen molar-refractivity contribution in [2.75, 3.05) is 0 Å². The van der Waals surface area contributed by atoms with Crippen LogP contribution < -0.4 is 28.1 Å². The van der Waals surface area contributed by atoms with E-state index in [1.54, 1.807) is 20.5 Å². The van der Waals surface area contributed by atoms with Crippen LogP contribution in [0.5, 0.6) is 0 Å². The Labute approximate surface area is 242 Å². The van der Waals surface area contributed by atoms with Gasteiger partial charge in [0.2, 0.25) is 0 Å². The molecule has 36 heavy (non-hydrogen) atoms. The summed E-state index contributed by atoms with van der Waals surface area (Å²) in [6, 6.07) is 12.5. The summed E-state index contributed by atoms with van der Waals surface area (Å²) in [5.41, 5.74) is 9.46. The Kier molecular flexibility index (Phi) is 9.61. The second-order valence-electron chi connectivity index (χ2n) is 13.8. The van der Waals surface area contributed by atoms with Crippen molar-refractivity contribution in [2.45, 2.75) is 98.7 Å². The van der Waals surface area contributed by atoms with Crippen molar-refractivity contribution in [3.8, 4) is 11.1 Å². The number of benzene rings is 2. The molecule has 0 fully saturated rings. The van der Waals surface area contributed by atoms with Gasteiger partial charge in [-0.2, -0.15) is 0 Å². The molecular formula is C32H44Cl2SiZr. The van der Waals surface area contributed by atoms with E-state index >= 15 is 0 Å². The van der Waals surface area contributed by atoms with Crippen LogP contribution in [-0.2, 0) is 38.5 Å². The number of halogens is 2. The first kappa shape index (κ1) is 31.7. The van der Waals surface area contributed by atoms with Crippen molar-refractivity contribution >= 4 is 14.6 Å². The van der Waals surface area contributed by atoms with E-state index in [0.717, 1.165) is 6.42 Å². The van der Waals surface area contributed by atoms with E-state index < -0.39 is 29.3 Å². The van der Waals surface area contributed by atoms with Crippen LogP contribution in [0.25, 0.3) is 11.1 Å². The van der Waals surface area contributed by atoms with E-state index in [0.29, 0.717) is 0 Å². The predicted octanol–water partition coefficient (Wildman–Crippen LogP) is 2.41. The van der Waals surface area contributed by atoms with E-state index in [1.165, 1.54) is 34.2 Å². The summed E-state index contributed by atoms with van der Waals surface area (Å²) in [5, 5.41) is 1.67. The van der Waals surface area contributed by atoms with Crippen LogP contribution in [-0.4, -0.2) is 11.3 Å². The minimum absolute atomic E-state index is 0. The van der Waals surface area contributed by atoms with Crippen LogP contribution in [0.2, 0.25) is 19.6 Å². The molecular weight excluding hydrogens is 575 g/mol. The number of hydrogen-bond acceptors (Lipinski definition) is 0. The van der Waals surface area contributed by atoms with Gasteiger partial charge in [-0.15, -0.1) is 0 Å². The molecule has 0 saturated heterocycles. The predicted molar refractivity (Wildman–Crippen MR) is 152 cm³/mol. The van der Waals surface area contributed by atoms with Gasteiger partial charge in [0.25, 0.3) is 0 Å². The van der Waals surface area contributed by atoms with Crippen molar-refractivity contribution in [3.63, 3.8) is 0 Å². The summed E-state index contributed by atoms with van der Waals surface area (Å²) < 4.78 is 5.24. The molecule has 0 nitrogen and oxygen atoms in total. The zero-order valence-electron chi connectivity index (χ0n) is 24.2. The fourth-order valence-electron chi connectivity index (χ4n) is 5.38. The summed E-state index contributed by atoms with van der Waals surface area (Å²) in [4.78, 5) is 0. The first-order valence-electron chi connectivity index (χ1n) is 13.0. The van der Waals surface area contributed by atoms with Crippen molar-refractivity contribution in [2.24, 2.45) is 0 Å². The molecule has 0 bridgehead atoms. The largest absolute Gasteiger partial charge is 1.00 e. The molecule has 0 atom stereocenters. The van der Waals surface area contributed by atoms with Crippen LogP contribution in [0, 0.1) is 0 Å². The Morgan fingerprint density at radius 3 is 1.89 bits per heavy atom. The number of allylic oxidation sites excluding steroid dienone is 4. The third-order valence-corrected chi connectivity index (χ3v) is 17.0. The Morgan fingerprint density at radius 1 is 0.806 bits per heavy atom.